The SMILES string of the molecule is c1ccc2c(c1)ncn2-c1nccc(NCCc2c[nH]c3ccccc23)n1. The minimum Gasteiger partial charge on any atom is -0.370 e. The van der Waals surface area contributed by atoms with Crippen molar-refractivity contribution in [1.82, 2.24) is 24.5 Å². The highest BCUT2D eigenvalue weighted by Gasteiger charge is 2.07. The average Bonchev–Trinajstić information content (AvgIpc) is 3.33. The van der Waals surface area contributed by atoms with E-state index in [1.807, 2.05) is 41.0 Å². The molecule has 5 rings (SSSR count). The van der Waals surface area contributed by atoms with Crippen molar-refractivity contribution in [2.75, 3.05) is 11.9 Å². The quantitative estimate of drug-likeness (QED) is 0.501. The number of imidazole rings is 1. The molecule has 6 nitrogen and oxygen atoms in total. The number of aromatic amines is 1. The topological polar surface area (TPSA) is 71.4 Å². The molecule has 0 amide bonds. The first-order valence-electron chi connectivity index (χ1n) is 8.93. The van der Waals surface area contributed by atoms with Gasteiger partial charge in [0.05, 0.1) is 11.0 Å². The van der Waals surface area contributed by atoms with Crippen LogP contribution in [0.1, 0.15) is 5.56 Å². The Balaban J connectivity index is 1.34. The lowest BCUT2D eigenvalue weighted by Gasteiger charge is -2.07. The molecule has 132 valence electrons. The van der Waals surface area contributed by atoms with Gasteiger partial charge in [-0.1, -0.05) is 30.3 Å². The lowest BCUT2D eigenvalue weighted by Crippen LogP contribution is -2.08. The van der Waals surface area contributed by atoms with Gasteiger partial charge in [-0.2, -0.15) is 4.98 Å². The molecule has 0 aliphatic carbocycles. The summed E-state index contributed by atoms with van der Waals surface area (Å²) in [6.07, 6.45) is 6.52. The molecule has 0 fully saturated rings. The second-order valence-electron chi connectivity index (χ2n) is 6.38. The van der Waals surface area contributed by atoms with Crippen molar-refractivity contribution in [3.05, 3.63) is 78.9 Å². The Morgan fingerprint density at radius 3 is 2.85 bits per heavy atom. The summed E-state index contributed by atoms with van der Waals surface area (Å²) in [5.74, 6) is 1.42. The van der Waals surface area contributed by atoms with Gasteiger partial charge in [-0.25, -0.2) is 9.97 Å². The number of H-pyrrole nitrogens is 1. The maximum Gasteiger partial charge on any atom is 0.237 e. The van der Waals surface area contributed by atoms with E-state index in [2.05, 4.69) is 49.6 Å². The molecule has 0 saturated carbocycles. The van der Waals surface area contributed by atoms with Crippen LogP contribution in [0.5, 0.6) is 0 Å². The Morgan fingerprint density at radius 2 is 1.85 bits per heavy atom. The van der Waals surface area contributed by atoms with Crippen molar-refractivity contribution >= 4 is 27.8 Å². The number of rotatable bonds is 5. The predicted molar refractivity (Wildman–Crippen MR) is 107 cm³/mol. The molecular weight excluding hydrogens is 336 g/mol. The van der Waals surface area contributed by atoms with Crippen molar-refractivity contribution in [3.63, 3.8) is 0 Å². The number of benzene rings is 2. The zero-order valence-corrected chi connectivity index (χ0v) is 14.6. The van der Waals surface area contributed by atoms with Gasteiger partial charge in [-0.05, 0) is 36.2 Å². The fourth-order valence-electron chi connectivity index (χ4n) is 3.35. The van der Waals surface area contributed by atoms with Gasteiger partial charge in [0, 0.05) is 29.8 Å². The molecule has 0 bridgehead atoms. The van der Waals surface area contributed by atoms with Crippen LogP contribution in [0.4, 0.5) is 5.82 Å². The van der Waals surface area contributed by atoms with E-state index >= 15 is 0 Å². The number of nitrogens with zero attached hydrogens (tertiary/aromatic N) is 4. The molecule has 0 unspecified atom stereocenters. The molecule has 0 atom stereocenters. The Kier molecular flexibility index (Phi) is 3.79. The summed E-state index contributed by atoms with van der Waals surface area (Å²) in [6.45, 7) is 0.795. The first-order chi connectivity index (χ1) is 13.4. The lowest BCUT2D eigenvalue weighted by molar-refractivity contribution is 0.936. The summed E-state index contributed by atoms with van der Waals surface area (Å²) >= 11 is 0. The number of aromatic nitrogens is 5. The minimum atomic E-state index is 0.612. The molecule has 6 heteroatoms. The standard InChI is InChI=1S/C21H18N6/c1-2-6-17-16(5-1)15(13-24-17)9-11-22-20-10-12-23-21(26-20)27-14-25-18-7-3-4-8-19(18)27/h1-8,10,12-14,24H,9,11H2,(H,22,23,26). The summed E-state index contributed by atoms with van der Waals surface area (Å²) in [5.41, 5.74) is 4.39. The van der Waals surface area contributed by atoms with E-state index in [4.69, 9.17) is 0 Å². The van der Waals surface area contributed by atoms with Crippen LogP contribution in [-0.4, -0.2) is 31.0 Å². The zero-order chi connectivity index (χ0) is 18.1. The predicted octanol–water partition coefficient (Wildman–Crippen LogP) is 3.95. The molecule has 3 heterocycles. The molecule has 27 heavy (non-hydrogen) atoms. The van der Waals surface area contributed by atoms with Gasteiger partial charge in [0.15, 0.2) is 0 Å². The molecule has 0 radical (unpaired) electrons. The van der Waals surface area contributed by atoms with Gasteiger partial charge >= 0.3 is 0 Å². The Bertz CT molecular complexity index is 1220. The van der Waals surface area contributed by atoms with Gasteiger partial charge < -0.3 is 10.3 Å². The molecule has 0 aliphatic heterocycles. The van der Waals surface area contributed by atoms with Crippen molar-refractivity contribution in [2.45, 2.75) is 6.42 Å². The minimum absolute atomic E-state index is 0.612. The molecule has 2 N–H and O–H groups in total. The molecule has 0 spiro atoms. The molecule has 5 aromatic rings. The van der Waals surface area contributed by atoms with Gasteiger partial charge in [-0.3, -0.25) is 4.57 Å². The van der Waals surface area contributed by atoms with E-state index in [1.54, 1.807) is 12.5 Å². The highest BCUT2D eigenvalue weighted by molar-refractivity contribution is 5.83. The zero-order valence-electron chi connectivity index (χ0n) is 14.6. The summed E-state index contributed by atoms with van der Waals surface area (Å²) < 4.78 is 1.90. The normalized spacial score (nSPS) is 11.3. The molecule has 0 saturated heterocycles. The third kappa shape index (κ3) is 2.91. The van der Waals surface area contributed by atoms with Crippen LogP contribution in [0.3, 0.4) is 0 Å². The van der Waals surface area contributed by atoms with Crippen molar-refractivity contribution in [2.24, 2.45) is 0 Å². The Labute approximate surface area is 155 Å². The van der Waals surface area contributed by atoms with E-state index in [1.165, 1.54) is 16.5 Å². The first kappa shape index (κ1) is 15.6. The second-order valence-corrected chi connectivity index (χ2v) is 6.38. The summed E-state index contributed by atoms with van der Waals surface area (Å²) in [5, 5.41) is 4.67. The van der Waals surface area contributed by atoms with Crippen LogP contribution in [-0.2, 0) is 6.42 Å². The number of hydrogen-bond acceptors (Lipinski definition) is 4. The van der Waals surface area contributed by atoms with Crippen LogP contribution in [0, 0.1) is 0 Å². The summed E-state index contributed by atoms with van der Waals surface area (Å²) in [6, 6.07) is 18.2. The van der Waals surface area contributed by atoms with Crippen LogP contribution in [0.25, 0.3) is 27.9 Å². The maximum absolute atomic E-state index is 4.64. The summed E-state index contributed by atoms with van der Waals surface area (Å²) in [7, 11) is 0. The monoisotopic (exact) mass is 354 g/mol. The number of nitrogens with one attached hydrogen (secondary N) is 2. The number of fused-ring (bicyclic) bond motifs is 2. The fourth-order valence-corrected chi connectivity index (χ4v) is 3.35. The van der Waals surface area contributed by atoms with Gasteiger partial charge in [0.25, 0.3) is 0 Å². The Morgan fingerprint density at radius 1 is 0.963 bits per heavy atom. The van der Waals surface area contributed by atoms with Crippen LogP contribution >= 0.6 is 0 Å². The molecule has 3 aromatic heterocycles. The first-order valence-corrected chi connectivity index (χ1v) is 8.93. The third-order valence-corrected chi connectivity index (χ3v) is 4.69. The van der Waals surface area contributed by atoms with Crippen molar-refractivity contribution < 1.29 is 0 Å². The fraction of sp³-hybridized carbons (Fsp3) is 0.0952. The molecule has 0 aliphatic rings. The van der Waals surface area contributed by atoms with E-state index in [0.717, 1.165) is 29.8 Å². The molecule has 2 aromatic carbocycles. The van der Waals surface area contributed by atoms with Gasteiger partial charge in [0.1, 0.15) is 12.1 Å². The van der Waals surface area contributed by atoms with Crippen LogP contribution in [0.15, 0.2) is 73.3 Å². The lowest BCUT2D eigenvalue weighted by atomic mass is 10.1. The van der Waals surface area contributed by atoms with E-state index in [-0.39, 0.29) is 0 Å². The highest BCUT2D eigenvalue weighted by atomic mass is 15.2. The Hall–Kier alpha value is -3.67. The van der Waals surface area contributed by atoms with Gasteiger partial charge in [0.2, 0.25) is 5.95 Å². The number of para-hydroxylation sites is 3. The van der Waals surface area contributed by atoms with Crippen LogP contribution in [0.2, 0.25) is 0 Å². The second kappa shape index (κ2) is 6.57. The average molecular weight is 354 g/mol. The third-order valence-electron chi connectivity index (χ3n) is 4.69. The van der Waals surface area contributed by atoms with Crippen molar-refractivity contribution in [3.8, 4) is 5.95 Å². The number of hydrogen-bond donors (Lipinski definition) is 2. The summed E-state index contributed by atoms with van der Waals surface area (Å²) in [4.78, 5) is 16.8. The van der Waals surface area contributed by atoms with E-state index in [0.29, 0.717) is 5.95 Å². The van der Waals surface area contributed by atoms with E-state index in [9.17, 15) is 0 Å². The van der Waals surface area contributed by atoms with Crippen molar-refractivity contribution in [1.29, 1.82) is 0 Å². The van der Waals surface area contributed by atoms with Gasteiger partial charge in [-0.15, -0.1) is 0 Å². The smallest absolute Gasteiger partial charge is 0.237 e. The number of anilines is 1. The maximum atomic E-state index is 4.64. The largest absolute Gasteiger partial charge is 0.370 e. The molecular formula is C21H18N6. The highest BCUT2D eigenvalue weighted by Crippen LogP contribution is 2.19. The van der Waals surface area contributed by atoms with E-state index < -0.39 is 0 Å². The van der Waals surface area contributed by atoms with Crippen LogP contribution < -0.4 is 5.32 Å².